The summed E-state index contributed by atoms with van der Waals surface area (Å²) in [6.07, 6.45) is 1.64. The third-order valence-corrected chi connectivity index (χ3v) is 7.83. The summed E-state index contributed by atoms with van der Waals surface area (Å²) in [6.45, 7) is 9.56. The van der Waals surface area contributed by atoms with Crippen molar-refractivity contribution in [3.05, 3.63) is 28.3 Å². The molecule has 0 spiro atoms. The molecule has 2 fully saturated rings. The molecule has 2 aliphatic heterocycles. The van der Waals surface area contributed by atoms with E-state index in [-0.39, 0.29) is 16.1 Å². The van der Waals surface area contributed by atoms with Gasteiger partial charge in [0.05, 0.1) is 9.82 Å². The molecule has 0 aliphatic carbocycles. The van der Waals surface area contributed by atoms with Crippen LogP contribution in [0.15, 0.2) is 23.1 Å². The summed E-state index contributed by atoms with van der Waals surface area (Å²) < 4.78 is 26.9. The zero-order valence-electron chi connectivity index (χ0n) is 17.4. The maximum Gasteiger partial charge on any atom is 0.293 e. The van der Waals surface area contributed by atoms with Crippen LogP contribution in [-0.4, -0.2) is 85.8 Å². The summed E-state index contributed by atoms with van der Waals surface area (Å²) in [5.41, 5.74) is -0.0490. The van der Waals surface area contributed by atoms with Crippen molar-refractivity contribution in [2.75, 3.05) is 58.2 Å². The molecule has 3 rings (SSSR count). The minimum Gasteiger partial charge on any atom is -0.378 e. The maximum absolute atomic E-state index is 12.7. The van der Waals surface area contributed by atoms with Gasteiger partial charge in [-0.3, -0.25) is 15.0 Å². The molecule has 0 bridgehead atoms. The summed E-state index contributed by atoms with van der Waals surface area (Å²) in [7, 11) is -1.59. The molecule has 2 heterocycles. The number of nitrogens with one attached hydrogen (secondary N) is 1. The summed E-state index contributed by atoms with van der Waals surface area (Å²) in [6, 6.07) is 4.16. The predicted octanol–water partition coefficient (Wildman–Crippen LogP) is 1.82. The lowest BCUT2D eigenvalue weighted by Gasteiger charge is -2.43. The second-order valence-electron chi connectivity index (χ2n) is 8.50. The van der Waals surface area contributed by atoms with Gasteiger partial charge in [-0.05, 0) is 45.9 Å². The average Bonchev–Trinajstić information content (AvgIpc) is 3.22. The third-order valence-electron chi connectivity index (χ3n) is 5.94. The van der Waals surface area contributed by atoms with Crippen LogP contribution >= 0.6 is 0 Å². The van der Waals surface area contributed by atoms with Crippen LogP contribution in [0.2, 0.25) is 0 Å². The van der Waals surface area contributed by atoms with E-state index < -0.39 is 14.9 Å². The van der Waals surface area contributed by atoms with Gasteiger partial charge in [-0.15, -0.1) is 0 Å². The van der Waals surface area contributed by atoms with E-state index in [9.17, 15) is 18.5 Å². The predicted molar refractivity (Wildman–Crippen MR) is 113 cm³/mol. The summed E-state index contributed by atoms with van der Waals surface area (Å²) in [4.78, 5) is 15.7. The molecule has 9 nitrogen and oxygen atoms in total. The highest BCUT2D eigenvalue weighted by molar-refractivity contribution is 7.89. The highest BCUT2D eigenvalue weighted by Crippen LogP contribution is 2.31. The van der Waals surface area contributed by atoms with Crippen LogP contribution in [0.4, 0.5) is 11.4 Å². The van der Waals surface area contributed by atoms with Crippen LogP contribution in [-0.2, 0) is 10.0 Å². The minimum atomic E-state index is -3.69. The third kappa shape index (κ3) is 4.88. The molecule has 29 heavy (non-hydrogen) atoms. The smallest absolute Gasteiger partial charge is 0.293 e. The number of hydrogen-bond acceptors (Lipinski definition) is 7. The lowest BCUT2D eigenvalue weighted by Crippen LogP contribution is -2.56. The van der Waals surface area contributed by atoms with Gasteiger partial charge in [0.15, 0.2) is 0 Å². The Hall–Kier alpha value is -1.75. The minimum absolute atomic E-state index is 0.0185. The number of nitrogens with zero attached hydrogens (tertiary/aromatic N) is 4. The highest BCUT2D eigenvalue weighted by atomic mass is 32.2. The first-order chi connectivity index (χ1) is 13.6. The molecule has 0 saturated carbocycles. The molecule has 0 radical (unpaired) electrons. The second-order valence-corrected chi connectivity index (χ2v) is 10.4. The summed E-state index contributed by atoms with van der Waals surface area (Å²) in [5.74, 6) is 0. The molecular formula is C19H31N5O4S. The Bertz CT molecular complexity index is 844. The van der Waals surface area contributed by atoms with Crippen molar-refractivity contribution in [1.29, 1.82) is 0 Å². The number of likely N-dealkylation sites (N-methyl/N-ethyl adjacent to an activating group) is 1. The quantitative estimate of drug-likeness (QED) is 0.525. The molecule has 1 N–H and O–H groups in total. The molecule has 10 heteroatoms. The van der Waals surface area contributed by atoms with Crippen LogP contribution < -0.4 is 5.32 Å². The van der Waals surface area contributed by atoms with Gasteiger partial charge in [-0.1, -0.05) is 0 Å². The first kappa shape index (κ1) is 21.9. The van der Waals surface area contributed by atoms with Crippen molar-refractivity contribution in [2.24, 2.45) is 0 Å². The standard InChI is InChI=1S/C19H31N5O4S/c1-19(2,22-12-10-21(3)11-13-22)15-20-17-7-6-16(14-18(17)24(25)26)29(27,28)23-8-4-5-9-23/h6-7,14,20H,4-5,8-13,15H2,1-3H3. The number of anilines is 1. The van der Waals surface area contributed by atoms with Crippen LogP contribution in [0.25, 0.3) is 0 Å². The van der Waals surface area contributed by atoms with Gasteiger partial charge in [0, 0.05) is 57.4 Å². The van der Waals surface area contributed by atoms with E-state index in [0.29, 0.717) is 25.3 Å². The van der Waals surface area contributed by atoms with Gasteiger partial charge in [0.25, 0.3) is 5.69 Å². The lowest BCUT2D eigenvalue weighted by molar-refractivity contribution is -0.384. The van der Waals surface area contributed by atoms with Crippen LogP contribution in [0, 0.1) is 10.1 Å². The SMILES string of the molecule is CN1CCN(C(C)(C)CNc2ccc(S(=O)(=O)N3CCCC3)cc2[N+](=O)[O-])CC1. The Morgan fingerprint density at radius 2 is 1.72 bits per heavy atom. The Balaban J connectivity index is 1.76. The number of piperazine rings is 1. The zero-order valence-corrected chi connectivity index (χ0v) is 18.2. The molecule has 0 unspecified atom stereocenters. The molecule has 1 aromatic rings. The van der Waals surface area contributed by atoms with E-state index in [1.165, 1.54) is 22.5 Å². The molecule has 0 atom stereocenters. The maximum atomic E-state index is 12.7. The van der Waals surface area contributed by atoms with Crippen LogP contribution in [0.5, 0.6) is 0 Å². The van der Waals surface area contributed by atoms with Gasteiger partial charge in [-0.25, -0.2) is 8.42 Å². The van der Waals surface area contributed by atoms with Crippen molar-refractivity contribution in [3.63, 3.8) is 0 Å². The number of nitro groups is 1. The van der Waals surface area contributed by atoms with Crippen molar-refractivity contribution >= 4 is 21.4 Å². The Labute approximate surface area is 172 Å². The van der Waals surface area contributed by atoms with Gasteiger partial charge in [0.1, 0.15) is 5.69 Å². The van der Waals surface area contributed by atoms with E-state index in [1.54, 1.807) is 0 Å². The first-order valence-electron chi connectivity index (χ1n) is 10.1. The molecule has 0 aromatic heterocycles. The Morgan fingerprint density at radius 1 is 1.10 bits per heavy atom. The van der Waals surface area contributed by atoms with E-state index in [4.69, 9.17) is 0 Å². The fourth-order valence-corrected chi connectivity index (χ4v) is 5.42. The number of sulfonamides is 1. The zero-order chi connectivity index (χ0) is 21.2. The van der Waals surface area contributed by atoms with Crippen molar-refractivity contribution in [2.45, 2.75) is 37.1 Å². The average molecular weight is 426 g/mol. The largest absolute Gasteiger partial charge is 0.378 e. The normalized spacial score (nSPS) is 20.1. The summed E-state index contributed by atoms with van der Waals surface area (Å²) >= 11 is 0. The Kier molecular flexibility index (Phi) is 6.47. The van der Waals surface area contributed by atoms with Crippen LogP contribution in [0.1, 0.15) is 26.7 Å². The molecule has 2 aliphatic rings. The number of nitro benzene ring substituents is 1. The fourth-order valence-electron chi connectivity index (χ4n) is 3.89. The highest BCUT2D eigenvalue weighted by Gasteiger charge is 2.31. The molecule has 0 amide bonds. The first-order valence-corrected chi connectivity index (χ1v) is 11.5. The molecule has 2 saturated heterocycles. The molecular weight excluding hydrogens is 394 g/mol. The van der Waals surface area contributed by atoms with Gasteiger partial charge >= 0.3 is 0 Å². The molecule has 162 valence electrons. The molecule has 1 aromatic carbocycles. The van der Waals surface area contributed by atoms with E-state index >= 15 is 0 Å². The fraction of sp³-hybridized carbons (Fsp3) is 0.684. The number of rotatable bonds is 7. The van der Waals surface area contributed by atoms with E-state index in [2.05, 4.69) is 36.0 Å². The van der Waals surface area contributed by atoms with Crippen LogP contribution in [0.3, 0.4) is 0 Å². The van der Waals surface area contributed by atoms with E-state index in [0.717, 1.165) is 39.0 Å². The number of benzene rings is 1. The van der Waals surface area contributed by atoms with Crippen molar-refractivity contribution in [3.8, 4) is 0 Å². The Morgan fingerprint density at radius 3 is 2.31 bits per heavy atom. The monoisotopic (exact) mass is 425 g/mol. The van der Waals surface area contributed by atoms with Crippen molar-refractivity contribution in [1.82, 2.24) is 14.1 Å². The van der Waals surface area contributed by atoms with Gasteiger partial charge in [0.2, 0.25) is 10.0 Å². The topological polar surface area (TPSA) is 99.0 Å². The summed E-state index contributed by atoms with van der Waals surface area (Å²) in [5, 5.41) is 14.8. The number of hydrogen-bond donors (Lipinski definition) is 1. The van der Waals surface area contributed by atoms with E-state index in [1.807, 2.05) is 0 Å². The second kappa shape index (κ2) is 8.55. The van der Waals surface area contributed by atoms with Gasteiger partial charge < -0.3 is 10.2 Å². The van der Waals surface area contributed by atoms with Gasteiger partial charge in [-0.2, -0.15) is 4.31 Å². The van der Waals surface area contributed by atoms with Crippen molar-refractivity contribution < 1.29 is 13.3 Å². The lowest BCUT2D eigenvalue weighted by atomic mass is 10.0.